The highest BCUT2D eigenvalue weighted by atomic mass is 19.1. The summed E-state index contributed by atoms with van der Waals surface area (Å²) in [7, 11) is 1.72. The van der Waals surface area contributed by atoms with Gasteiger partial charge >= 0.3 is 0 Å². The first-order valence-corrected chi connectivity index (χ1v) is 9.14. The molecule has 0 spiro atoms. The predicted molar refractivity (Wildman–Crippen MR) is 97.9 cm³/mol. The van der Waals surface area contributed by atoms with Crippen molar-refractivity contribution in [3.8, 4) is 0 Å². The number of amides is 2. The van der Waals surface area contributed by atoms with Crippen molar-refractivity contribution in [3.05, 3.63) is 48.3 Å². The second-order valence-electron chi connectivity index (χ2n) is 7.08. The van der Waals surface area contributed by atoms with Gasteiger partial charge in [-0.3, -0.25) is 14.5 Å². The number of benzene rings is 1. The Bertz CT molecular complexity index is 676. The number of halogens is 1. The molecule has 6 heteroatoms. The summed E-state index contributed by atoms with van der Waals surface area (Å²) in [6, 6.07) is 5.77. The van der Waals surface area contributed by atoms with Crippen molar-refractivity contribution in [2.75, 3.05) is 39.8 Å². The maximum absolute atomic E-state index is 13.3. The highest BCUT2D eigenvalue weighted by Gasteiger charge is 2.44. The molecule has 0 N–H and O–H groups in total. The van der Waals surface area contributed by atoms with E-state index in [-0.39, 0.29) is 30.1 Å². The topological polar surface area (TPSA) is 43.9 Å². The molecule has 0 saturated carbocycles. The van der Waals surface area contributed by atoms with E-state index in [2.05, 4.69) is 11.5 Å². The Balaban J connectivity index is 1.77. The lowest BCUT2D eigenvalue weighted by Gasteiger charge is -2.29. The third-order valence-electron chi connectivity index (χ3n) is 5.40. The van der Waals surface area contributed by atoms with Crippen LogP contribution in [0.2, 0.25) is 0 Å². The van der Waals surface area contributed by atoms with Gasteiger partial charge in [-0.1, -0.05) is 18.2 Å². The van der Waals surface area contributed by atoms with Gasteiger partial charge in [0.2, 0.25) is 11.8 Å². The van der Waals surface area contributed by atoms with E-state index in [4.69, 9.17) is 0 Å². The van der Waals surface area contributed by atoms with Crippen molar-refractivity contribution >= 4 is 11.8 Å². The van der Waals surface area contributed by atoms with E-state index in [1.54, 1.807) is 24.1 Å². The minimum Gasteiger partial charge on any atom is -0.341 e. The SMILES string of the molecule is C=CCN1CCCN(C(=O)C2CC(=O)N(C)C2c2ccc(F)cc2)CC1. The van der Waals surface area contributed by atoms with Crippen LogP contribution in [0.15, 0.2) is 36.9 Å². The maximum Gasteiger partial charge on any atom is 0.228 e. The molecule has 2 atom stereocenters. The van der Waals surface area contributed by atoms with Crippen molar-refractivity contribution in [2.24, 2.45) is 5.92 Å². The maximum atomic E-state index is 13.3. The van der Waals surface area contributed by atoms with Gasteiger partial charge in [0, 0.05) is 46.2 Å². The Hall–Kier alpha value is -2.21. The zero-order valence-electron chi connectivity index (χ0n) is 15.2. The molecule has 2 fully saturated rings. The first-order valence-electron chi connectivity index (χ1n) is 9.14. The first-order chi connectivity index (χ1) is 12.5. The molecule has 2 aliphatic heterocycles. The van der Waals surface area contributed by atoms with Gasteiger partial charge in [-0.2, -0.15) is 0 Å². The molecule has 0 bridgehead atoms. The number of carbonyl (C=O) groups excluding carboxylic acids is 2. The van der Waals surface area contributed by atoms with E-state index in [9.17, 15) is 14.0 Å². The number of nitrogens with zero attached hydrogens (tertiary/aromatic N) is 3. The van der Waals surface area contributed by atoms with E-state index < -0.39 is 5.92 Å². The van der Waals surface area contributed by atoms with Gasteiger partial charge in [0.15, 0.2) is 0 Å². The van der Waals surface area contributed by atoms with Gasteiger partial charge in [-0.15, -0.1) is 6.58 Å². The Morgan fingerprint density at radius 2 is 1.96 bits per heavy atom. The third-order valence-corrected chi connectivity index (χ3v) is 5.40. The fraction of sp³-hybridized carbons (Fsp3) is 0.500. The molecule has 2 amide bonds. The monoisotopic (exact) mass is 359 g/mol. The molecule has 0 aromatic heterocycles. The zero-order chi connectivity index (χ0) is 18.7. The molecule has 0 aliphatic carbocycles. The van der Waals surface area contributed by atoms with E-state index in [1.165, 1.54) is 12.1 Å². The summed E-state index contributed by atoms with van der Waals surface area (Å²) in [6.45, 7) is 7.73. The second-order valence-corrected chi connectivity index (χ2v) is 7.08. The van der Waals surface area contributed by atoms with Crippen LogP contribution in [0.4, 0.5) is 4.39 Å². The lowest BCUT2D eigenvalue weighted by Crippen LogP contribution is -2.40. The highest BCUT2D eigenvalue weighted by molar-refractivity contribution is 5.90. The standard InChI is InChI=1S/C20H26FN3O2/c1-3-9-23-10-4-11-24(13-12-23)20(26)17-14-18(25)22(2)19(17)15-5-7-16(21)8-6-15/h3,5-8,17,19H,1,4,9-14H2,2H3. The number of rotatable bonds is 4. The van der Waals surface area contributed by atoms with Gasteiger partial charge in [-0.05, 0) is 24.1 Å². The molecule has 1 aromatic rings. The molecular formula is C20H26FN3O2. The van der Waals surface area contributed by atoms with Gasteiger partial charge in [0.05, 0.1) is 12.0 Å². The van der Waals surface area contributed by atoms with Crippen molar-refractivity contribution in [2.45, 2.75) is 18.9 Å². The largest absolute Gasteiger partial charge is 0.341 e. The zero-order valence-corrected chi connectivity index (χ0v) is 15.2. The Morgan fingerprint density at radius 1 is 1.23 bits per heavy atom. The van der Waals surface area contributed by atoms with Crippen LogP contribution in [-0.4, -0.2) is 66.3 Å². The average molecular weight is 359 g/mol. The minimum absolute atomic E-state index is 0.0254. The summed E-state index contributed by atoms with van der Waals surface area (Å²) in [5.41, 5.74) is 0.807. The molecule has 5 nitrogen and oxygen atoms in total. The Labute approximate surface area is 154 Å². The second kappa shape index (κ2) is 7.99. The van der Waals surface area contributed by atoms with E-state index in [0.29, 0.717) is 13.1 Å². The van der Waals surface area contributed by atoms with E-state index in [0.717, 1.165) is 31.6 Å². The summed E-state index contributed by atoms with van der Waals surface area (Å²) < 4.78 is 13.3. The molecule has 26 heavy (non-hydrogen) atoms. The van der Waals surface area contributed by atoms with E-state index in [1.807, 2.05) is 11.0 Å². The van der Waals surface area contributed by atoms with Gasteiger partial charge < -0.3 is 9.80 Å². The van der Waals surface area contributed by atoms with Crippen LogP contribution < -0.4 is 0 Å². The van der Waals surface area contributed by atoms with Crippen LogP contribution in [-0.2, 0) is 9.59 Å². The van der Waals surface area contributed by atoms with Crippen molar-refractivity contribution < 1.29 is 14.0 Å². The number of hydrogen-bond donors (Lipinski definition) is 0. The smallest absolute Gasteiger partial charge is 0.228 e. The van der Waals surface area contributed by atoms with Gasteiger partial charge in [0.1, 0.15) is 5.82 Å². The summed E-state index contributed by atoms with van der Waals surface area (Å²) in [4.78, 5) is 31.3. The number of likely N-dealkylation sites (tertiary alicyclic amines) is 1. The summed E-state index contributed by atoms with van der Waals surface area (Å²) in [5.74, 6) is -0.749. The molecule has 3 rings (SSSR count). The molecule has 2 aliphatic rings. The van der Waals surface area contributed by atoms with Gasteiger partial charge in [0.25, 0.3) is 0 Å². The highest BCUT2D eigenvalue weighted by Crippen LogP contribution is 2.38. The molecule has 140 valence electrons. The molecular weight excluding hydrogens is 333 g/mol. The Morgan fingerprint density at radius 3 is 2.65 bits per heavy atom. The van der Waals surface area contributed by atoms with Crippen LogP contribution in [0.5, 0.6) is 0 Å². The number of carbonyl (C=O) groups is 2. The van der Waals surface area contributed by atoms with Crippen LogP contribution in [0.3, 0.4) is 0 Å². The van der Waals surface area contributed by atoms with Crippen LogP contribution in [0.1, 0.15) is 24.4 Å². The lowest BCUT2D eigenvalue weighted by atomic mass is 9.92. The van der Waals surface area contributed by atoms with Crippen LogP contribution in [0, 0.1) is 11.7 Å². The van der Waals surface area contributed by atoms with Gasteiger partial charge in [-0.25, -0.2) is 4.39 Å². The lowest BCUT2D eigenvalue weighted by molar-refractivity contribution is -0.136. The molecule has 2 saturated heterocycles. The first kappa shape index (κ1) is 18.6. The summed E-state index contributed by atoms with van der Waals surface area (Å²) in [6.07, 6.45) is 3.01. The van der Waals surface area contributed by atoms with Crippen LogP contribution >= 0.6 is 0 Å². The molecule has 1 aromatic carbocycles. The fourth-order valence-corrected chi connectivity index (χ4v) is 4.00. The van der Waals surface area contributed by atoms with Crippen molar-refractivity contribution in [1.29, 1.82) is 0 Å². The van der Waals surface area contributed by atoms with Crippen molar-refractivity contribution in [1.82, 2.24) is 14.7 Å². The Kier molecular flexibility index (Phi) is 5.71. The van der Waals surface area contributed by atoms with Crippen LogP contribution in [0.25, 0.3) is 0 Å². The van der Waals surface area contributed by atoms with E-state index >= 15 is 0 Å². The average Bonchev–Trinajstić information content (AvgIpc) is 2.80. The minimum atomic E-state index is -0.413. The number of hydrogen-bond acceptors (Lipinski definition) is 3. The fourth-order valence-electron chi connectivity index (χ4n) is 4.00. The quantitative estimate of drug-likeness (QED) is 0.773. The summed E-state index contributed by atoms with van der Waals surface area (Å²) in [5, 5.41) is 0. The molecule has 2 unspecified atom stereocenters. The third kappa shape index (κ3) is 3.80. The summed E-state index contributed by atoms with van der Waals surface area (Å²) >= 11 is 0. The van der Waals surface area contributed by atoms with Crippen molar-refractivity contribution in [3.63, 3.8) is 0 Å². The predicted octanol–water partition coefficient (Wildman–Crippen LogP) is 2.07. The normalized spacial score (nSPS) is 24.6. The molecule has 2 heterocycles. The molecule has 0 radical (unpaired) electrons.